The van der Waals surface area contributed by atoms with Crippen molar-refractivity contribution in [1.82, 2.24) is 4.90 Å². The lowest BCUT2D eigenvalue weighted by molar-refractivity contribution is -0.137. The Balaban J connectivity index is 1.75. The van der Waals surface area contributed by atoms with Crippen molar-refractivity contribution in [2.75, 3.05) is 42.4 Å². The molecule has 0 saturated heterocycles. The number of anilines is 2. The molecular weight excluding hydrogens is 634 g/mol. The molecule has 3 aromatic carbocycles. The number of fused-ring (bicyclic) bond motifs is 1. The Bertz CT molecular complexity index is 1700. The number of carbonyl (C=O) groups excluding carboxylic acids is 1. The average Bonchev–Trinajstić information content (AvgIpc) is 2.94. The van der Waals surface area contributed by atoms with Crippen molar-refractivity contribution in [3.63, 3.8) is 0 Å². The van der Waals surface area contributed by atoms with Crippen molar-refractivity contribution < 1.29 is 35.5 Å². The third-order valence-electron chi connectivity index (χ3n) is 7.08. The molecule has 0 atom stereocenters. The summed E-state index contributed by atoms with van der Waals surface area (Å²) < 4.78 is 89.2. The number of hydrogen-bond donors (Lipinski definition) is 0. The van der Waals surface area contributed by atoms with Crippen molar-refractivity contribution >= 4 is 50.7 Å². The number of sulfonamides is 1. The van der Waals surface area contributed by atoms with Gasteiger partial charge in [0.1, 0.15) is 11.4 Å². The molecule has 4 rings (SSSR count). The number of carbonyl (C=O) groups is 1. The highest BCUT2D eigenvalue weighted by molar-refractivity contribution is 7.92. The predicted molar refractivity (Wildman–Crippen MR) is 168 cm³/mol. The van der Waals surface area contributed by atoms with Gasteiger partial charge < -0.3 is 14.5 Å². The van der Waals surface area contributed by atoms with Crippen LogP contribution in [-0.4, -0.2) is 58.2 Å². The first-order valence-electron chi connectivity index (χ1n) is 14.0. The maximum atomic E-state index is 14.6. The first kappa shape index (κ1) is 34.1. The van der Waals surface area contributed by atoms with E-state index in [0.29, 0.717) is 29.4 Å². The fourth-order valence-corrected chi connectivity index (χ4v) is 6.71. The Morgan fingerprint density at radius 1 is 1.02 bits per heavy atom. The van der Waals surface area contributed by atoms with Crippen LogP contribution < -0.4 is 9.21 Å². The van der Waals surface area contributed by atoms with Crippen LogP contribution in [0.4, 0.5) is 33.7 Å². The summed E-state index contributed by atoms with van der Waals surface area (Å²) in [6, 6.07) is 12.9. The molecule has 0 bridgehead atoms. The summed E-state index contributed by atoms with van der Waals surface area (Å²) in [5, 5.41) is 0.204. The van der Waals surface area contributed by atoms with E-state index in [-0.39, 0.29) is 35.9 Å². The number of halogens is 5. The summed E-state index contributed by atoms with van der Waals surface area (Å²) in [5.74, 6) is -0.525. The lowest BCUT2D eigenvalue weighted by atomic mass is 10.0. The van der Waals surface area contributed by atoms with E-state index in [9.17, 15) is 30.8 Å². The van der Waals surface area contributed by atoms with E-state index in [4.69, 9.17) is 16.3 Å². The molecule has 0 aromatic heterocycles. The Labute approximate surface area is 265 Å². The Morgan fingerprint density at radius 3 is 2.36 bits per heavy atom. The van der Waals surface area contributed by atoms with Gasteiger partial charge in [-0.15, -0.1) is 0 Å². The zero-order chi connectivity index (χ0) is 33.3. The minimum Gasteiger partial charge on any atom is -0.444 e. The molecule has 1 aliphatic rings. The van der Waals surface area contributed by atoms with E-state index < -0.39 is 44.2 Å². The second kappa shape index (κ2) is 12.9. The summed E-state index contributed by atoms with van der Waals surface area (Å²) >= 11 is 6.25. The predicted octanol–water partition coefficient (Wildman–Crippen LogP) is 7.94. The van der Waals surface area contributed by atoms with Gasteiger partial charge in [0.15, 0.2) is 0 Å². The number of hydrogen-bond acceptors (Lipinski definition) is 5. The van der Waals surface area contributed by atoms with Gasteiger partial charge in [-0.25, -0.2) is 17.6 Å². The van der Waals surface area contributed by atoms with E-state index in [2.05, 4.69) is 0 Å². The standard InChI is InChI=1S/C32H34ClF4N3O4S/c1-21(29-25(33)10-7-11-26(29)34)18-22-12-13-27-28(19-22)40(45(42,43)24-9-6-8-23(20-24)32(35,36)37)17-16-39(27)15-14-38(5)30(41)44-31(2,3)4/h6-13,18-20H,14-17H2,1-5H3/b21-18+. The lowest BCUT2D eigenvalue weighted by Crippen LogP contribution is -2.47. The number of likely N-dealkylation sites (N-methyl/N-ethyl adjacent to an activating group) is 1. The van der Waals surface area contributed by atoms with Crippen molar-refractivity contribution in [1.29, 1.82) is 0 Å². The quantitative estimate of drug-likeness (QED) is 0.189. The normalized spacial score (nSPS) is 14.3. The molecule has 0 fully saturated rings. The molecule has 0 unspecified atom stereocenters. The highest BCUT2D eigenvalue weighted by atomic mass is 35.5. The molecule has 13 heteroatoms. The van der Waals surface area contributed by atoms with Crippen molar-refractivity contribution in [3.05, 3.63) is 88.2 Å². The van der Waals surface area contributed by atoms with Gasteiger partial charge in [-0.05, 0) is 81.3 Å². The maximum absolute atomic E-state index is 14.6. The van der Waals surface area contributed by atoms with E-state index in [1.807, 2.05) is 4.90 Å². The van der Waals surface area contributed by atoms with Gasteiger partial charge in [0, 0.05) is 32.2 Å². The van der Waals surface area contributed by atoms with Crippen molar-refractivity contribution in [3.8, 4) is 0 Å². The molecule has 0 spiro atoms. The van der Waals surface area contributed by atoms with E-state index in [0.717, 1.165) is 22.5 Å². The van der Waals surface area contributed by atoms with Crippen LogP contribution in [0.3, 0.4) is 0 Å². The van der Waals surface area contributed by atoms with Gasteiger partial charge in [-0.1, -0.05) is 35.9 Å². The molecule has 7 nitrogen and oxygen atoms in total. The molecule has 1 heterocycles. The van der Waals surface area contributed by atoms with Crippen LogP contribution in [0.5, 0.6) is 0 Å². The summed E-state index contributed by atoms with van der Waals surface area (Å²) in [4.78, 5) is 15.3. The van der Waals surface area contributed by atoms with Crippen LogP contribution in [0, 0.1) is 5.82 Å². The number of rotatable bonds is 7. The number of allylic oxidation sites excluding steroid dienone is 1. The Kier molecular flexibility index (Phi) is 9.79. The minimum absolute atomic E-state index is 0.0764. The summed E-state index contributed by atoms with van der Waals surface area (Å²) in [6.45, 7) is 7.63. The van der Waals surface area contributed by atoms with Gasteiger partial charge in [0.25, 0.3) is 10.0 Å². The molecular formula is C32H34ClF4N3O4S. The van der Waals surface area contributed by atoms with Crippen molar-refractivity contribution in [2.45, 2.75) is 44.4 Å². The zero-order valence-electron chi connectivity index (χ0n) is 25.5. The van der Waals surface area contributed by atoms with Crippen LogP contribution in [0.2, 0.25) is 5.02 Å². The molecule has 45 heavy (non-hydrogen) atoms. The largest absolute Gasteiger partial charge is 0.444 e. The monoisotopic (exact) mass is 667 g/mol. The molecule has 1 aliphatic heterocycles. The Hall–Kier alpha value is -3.77. The third kappa shape index (κ3) is 7.91. The zero-order valence-corrected chi connectivity index (χ0v) is 27.0. The number of alkyl halides is 3. The fourth-order valence-electron chi connectivity index (χ4n) is 4.89. The lowest BCUT2D eigenvalue weighted by Gasteiger charge is -2.39. The summed E-state index contributed by atoms with van der Waals surface area (Å²) in [7, 11) is -2.85. The second-order valence-electron chi connectivity index (χ2n) is 11.7. The maximum Gasteiger partial charge on any atom is 0.416 e. The van der Waals surface area contributed by atoms with E-state index >= 15 is 0 Å². The van der Waals surface area contributed by atoms with Gasteiger partial charge in [0.05, 0.1) is 33.4 Å². The topological polar surface area (TPSA) is 70.2 Å². The van der Waals surface area contributed by atoms with Gasteiger partial charge >= 0.3 is 12.3 Å². The van der Waals surface area contributed by atoms with Crippen LogP contribution in [-0.2, 0) is 20.9 Å². The highest BCUT2D eigenvalue weighted by Gasteiger charge is 2.36. The molecule has 0 aliphatic carbocycles. The summed E-state index contributed by atoms with van der Waals surface area (Å²) in [6.07, 6.45) is -3.60. The van der Waals surface area contributed by atoms with Gasteiger partial charge in [-0.3, -0.25) is 4.31 Å². The number of nitrogens with zero attached hydrogens (tertiary/aromatic N) is 3. The smallest absolute Gasteiger partial charge is 0.416 e. The average molecular weight is 668 g/mol. The van der Waals surface area contributed by atoms with E-state index in [1.54, 1.807) is 65.1 Å². The fraction of sp³-hybridized carbons (Fsp3) is 0.344. The van der Waals surface area contributed by atoms with Crippen LogP contribution in [0.25, 0.3) is 11.6 Å². The first-order chi connectivity index (χ1) is 20.9. The number of benzene rings is 3. The molecule has 3 aromatic rings. The molecule has 242 valence electrons. The van der Waals surface area contributed by atoms with Gasteiger partial charge in [-0.2, -0.15) is 13.2 Å². The second-order valence-corrected chi connectivity index (χ2v) is 13.9. The summed E-state index contributed by atoms with van der Waals surface area (Å²) in [5.41, 5.74) is 0.141. The van der Waals surface area contributed by atoms with Crippen molar-refractivity contribution in [2.24, 2.45) is 0 Å². The number of ether oxygens (including phenoxy) is 1. The molecule has 0 radical (unpaired) electrons. The SMILES string of the molecule is C/C(=C\c1ccc2c(c1)N(S(=O)(=O)c1cccc(C(F)(F)F)c1)CCN2CCN(C)C(=O)OC(C)(C)C)c1c(F)cccc1Cl. The first-order valence-corrected chi connectivity index (χ1v) is 15.9. The molecule has 0 N–H and O–H groups in total. The third-order valence-corrected chi connectivity index (χ3v) is 9.21. The van der Waals surface area contributed by atoms with Crippen LogP contribution >= 0.6 is 11.6 Å². The number of amides is 1. The van der Waals surface area contributed by atoms with Crippen LogP contribution in [0.1, 0.15) is 44.4 Å². The minimum atomic E-state index is -4.73. The van der Waals surface area contributed by atoms with E-state index in [1.165, 1.54) is 17.0 Å². The highest BCUT2D eigenvalue weighted by Crippen LogP contribution is 2.39. The molecule has 0 saturated carbocycles. The Morgan fingerprint density at radius 2 is 1.71 bits per heavy atom. The molecule has 1 amide bonds. The van der Waals surface area contributed by atoms with Crippen LogP contribution in [0.15, 0.2) is 65.6 Å². The van der Waals surface area contributed by atoms with Gasteiger partial charge in [0.2, 0.25) is 0 Å².